The highest BCUT2D eigenvalue weighted by molar-refractivity contribution is 5.94. The van der Waals surface area contributed by atoms with Crippen LogP contribution in [0.25, 0.3) is 78.7 Å². The molecule has 0 atom stereocenters. The molecule has 0 amide bonds. The number of hydrogen-bond donors (Lipinski definition) is 0. The number of hydrogen-bond acceptors (Lipinski definition) is 4. The van der Waals surface area contributed by atoms with Crippen LogP contribution in [0.5, 0.6) is 0 Å². The van der Waals surface area contributed by atoms with Crippen LogP contribution in [0.3, 0.4) is 0 Å². The van der Waals surface area contributed by atoms with Crippen LogP contribution in [-0.4, -0.2) is 15.0 Å². The van der Waals surface area contributed by atoms with Gasteiger partial charge in [0.1, 0.15) is 5.82 Å². The SMILES string of the molecule is N#Cc1ccc(-c2ccc(-c3cccc4c3-c3ccc(-c5cc(F)cc(-c6nc(-c7ccccc7)nc(-c7ccccc7)n6)c5)cc3C43C4CC5CC(C4)CC3C5)cc2)cc1. The third-order valence-corrected chi connectivity index (χ3v) is 14.4. The molecule has 4 fully saturated rings. The highest BCUT2D eigenvalue weighted by Crippen LogP contribution is 2.70. The van der Waals surface area contributed by atoms with Gasteiger partial charge in [-0.15, -0.1) is 0 Å². The zero-order valence-corrected chi connectivity index (χ0v) is 33.6. The fourth-order valence-electron chi connectivity index (χ4n) is 12.1. The second kappa shape index (κ2) is 14.0. The molecule has 4 nitrogen and oxygen atoms in total. The van der Waals surface area contributed by atoms with E-state index in [4.69, 9.17) is 15.0 Å². The lowest BCUT2D eigenvalue weighted by molar-refractivity contribution is -0.0399. The van der Waals surface area contributed by atoms with E-state index < -0.39 is 0 Å². The van der Waals surface area contributed by atoms with Crippen molar-refractivity contribution in [3.63, 3.8) is 0 Å². The number of rotatable bonds is 6. The molecule has 61 heavy (non-hydrogen) atoms. The Bertz CT molecular complexity index is 2960. The summed E-state index contributed by atoms with van der Waals surface area (Å²) in [5, 5.41) is 9.32. The summed E-state index contributed by atoms with van der Waals surface area (Å²) in [6.07, 6.45) is 6.48. The molecule has 5 aliphatic rings. The van der Waals surface area contributed by atoms with Crippen LogP contribution < -0.4 is 0 Å². The lowest BCUT2D eigenvalue weighted by atomic mass is 9.43. The minimum atomic E-state index is -0.324. The lowest BCUT2D eigenvalue weighted by Gasteiger charge is -2.61. The van der Waals surface area contributed by atoms with Gasteiger partial charge in [0.05, 0.1) is 11.6 Å². The average Bonchev–Trinajstić information content (AvgIpc) is 3.61. The molecule has 0 unspecified atom stereocenters. The summed E-state index contributed by atoms with van der Waals surface area (Å²) in [7, 11) is 0. The van der Waals surface area contributed by atoms with E-state index in [0.29, 0.717) is 40.4 Å². The van der Waals surface area contributed by atoms with E-state index >= 15 is 4.39 Å². The maximum atomic E-state index is 16.0. The van der Waals surface area contributed by atoms with Crippen LogP contribution in [0.1, 0.15) is 48.8 Å². The summed E-state index contributed by atoms with van der Waals surface area (Å²) in [5.74, 6) is 4.00. The number of halogens is 1. The zero-order valence-electron chi connectivity index (χ0n) is 33.6. The molecule has 1 spiro atoms. The Balaban J connectivity index is 0.994. The lowest BCUT2D eigenvalue weighted by Crippen LogP contribution is -2.55. The Hall–Kier alpha value is -7.03. The van der Waals surface area contributed by atoms with Gasteiger partial charge in [0, 0.05) is 22.1 Å². The normalized spacial score (nSPS) is 21.6. The highest BCUT2D eigenvalue weighted by atomic mass is 19.1. The average molecular weight is 789 g/mol. The number of nitriles is 1. The standard InChI is InChI=1S/C56H41FN4/c57-47-30-43(29-44(31-47)55-60-53(40-8-3-1-4-9-40)59-54(61-55)41-10-5-2-6-11-41)42-22-23-49-51(32-42)56(45-25-35-24-36(27-45)28-46(56)26-35)50-13-7-12-48(52(49)50)39-20-18-38(19-21-39)37-16-14-34(33-58)15-17-37/h1-23,29-32,35-36,45-46H,24-28H2. The summed E-state index contributed by atoms with van der Waals surface area (Å²) in [6, 6.07) is 58.0. The molecule has 4 saturated carbocycles. The van der Waals surface area contributed by atoms with Gasteiger partial charge in [-0.3, -0.25) is 0 Å². The molecular weight excluding hydrogens is 748 g/mol. The summed E-state index contributed by atoms with van der Waals surface area (Å²) in [5.41, 5.74) is 15.0. The zero-order chi connectivity index (χ0) is 40.7. The van der Waals surface area contributed by atoms with Crippen LogP contribution in [0.2, 0.25) is 0 Å². The van der Waals surface area contributed by atoms with Gasteiger partial charge in [-0.25, -0.2) is 19.3 Å². The molecule has 292 valence electrons. The molecule has 0 N–H and O–H groups in total. The number of benzene rings is 7. The Kier molecular flexibility index (Phi) is 8.25. The van der Waals surface area contributed by atoms with Crippen LogP contribution in [-0.2, 0) is 5.41 Å². The minimum Gasteiger partial charge on any atom is -0.208 e. The quantitative estimate of drug-likeness (QED) is 0.168. The molecule has 13 rings (SSSR count). The van der Waals surface area contributed by atoms with Gasteiger partial charge >= 0.3 is 0 Å². The topological polar surface area (TPSA) is 62.5 Å². The third-order valence-electron chi connectivity index (χ3n) is 14.4. The van der Waals surface area contributed by atoms with Gasteiger partial charge in [0.15, 0.2) is 17.5 Å². The fourth-order valence-corrected chi connectivity index (χ4v) is 12.1. The van der Waals surface area contributed by atoms with E-state index in [9.17, 15) is 5.26 Å². The summed E-state index contributed by atoms with van der Waals surface area (Å²) in [4.78, 5) is 14.8. The van der Waals surface area contributed by atoms with E-state index in [2.05, 4.69) is 72.8 Å². The first-order chi connectivity index (χ1) is 30.0. The van der Waals surface area contributed by atoms with E-state index in [0.717, 1.165) is 45.2 Å². The van der Waals surface area contributed by atoms with Crippen molar-refractivity contribution in [1.82, 2.24) is 15.0 Å². The van der Waals surface area contributed by atoms with Gasteiger partial charge in [0.2, 0.25) is 0 Å². The highest BCUT2D eigenvalue weighted by Gasteiger charge is 2.61. The molecule has 5 aliphatic carbocycles. The second-order valence-electron chi connectivity index (χ2n) is 17.7. The van der Waals surface area contributed by atoms with Crippen LogP contribution >= 0.6 is 0 Å². The maximum Gasteiger partial charge on any atom is 0.164 e. The van der Waals surface area contributed by atoms with Crippen molar-refractivity contribution in [1.29, 1.82) is 5.26 Å². The smallest absolute Gasteiger partial charge is 0.164 e. The van der Waals surface area contributed by atoms with Gasteiger partial charge in [-0.05, 0) is 148 Å². The Morgan fingerprint density at radius 2 is 0.984 bits per heavy atom. The molecule has 8 aromatic rings. The number of fused-ring (bicyclic) bond motifs is 3. The minimum absolute atomic E-state index is 0.0773. The Labute approximate surface area is 355 Å². The first-order valence-corrected chi connectivity index (χ1v) is 21.6. The molecule has 0 radical (unpaired) electrons. The Morgan fingerprint density at radius 3 is 1.59 bits per heavy atom. The van der Waals surface area contributed by atoms with E-state index in [1.54, 1.807) is 12.1 Å². The monoisotopic (exact) mass is 788 g/mol. The maximum absolute atomic E-state index is 16.0. The van der Waals surface area contributed by atoms with Gasteiger partial charge in [-0.1, -0.05) is 127 Å². The van der Waals surface area contributed by atoms with Crippen molar-refractivity contribution < 1.29 is 4.39 Å². The molecule has 1 heterocycles. The van der Waals surface area contributed by atoms with Gasteiger partial charge in [0.25, 0.3) is 0 Å². The first-order valence-electron chi connectivity index (χ1n) is 21.6. The predicted molar refractivity (Wildman–Crippen MR) is 240 cm³/mol. The van der Waals surface area contributed by atoms with Crippen molar-refractivity contribution in [2.45, 2.75) is 37.5 Å². The third kappa shape index (κ3) is 5.80. The van der Waals surface area contributed by atoms with Crippen LogP contribution in [0, 0.1) is 40.8 Å². The van der Waals surface area contributed by atoms with E-state index in [1.165, 1.54) is 65.5 Å². The van der Waals surface area contributed by atoms with Crippen molar-refractivity contribution >= 4 is 0 Å². The molecular formula is C56H41FN4. The first kappa shape index (κ1) is 35.9. The fraction of sp³-hybridized carbons (Fsp3) is 0.179. The number of nitrogens with zero attached hydrogens (tertiary/aromatic N) is 4. The predicted octanol–water partition coefficient (Wildman–Crippen LogP) is 13.6. The molecule has 1 aromatic heterocycles. The molecule has 0 aliphatic heterocycles. The second-order valence-corrected chi connectivity index (χ2v) is 17.7. The van der Waals surface area contributed by atoms with Crippen molar-refractivity contribution in [3.05, 3.63) is 186 Å². The molecule has 0 saturated heterocycles. The van der Waals surface area contributed by atoms with Crippen LogP contribution in [0.4, 0.5) is 4.39 Å². The van der Waals surface area contributed by atoms with Gasteiger partial charge in [-0.2, -0.15) is 5.26 Å². The molecule has 4 bridgehead atoms. The summed E-state index contributed by atoms with van der Waals surface area (Å²) < 4.78 is 16.0. The van der Waals surface area contributed by atoms with Gasteiger partial charge < -0.3 is 0 Å². The molecule has 7 aromatic carbocycles. The van der Waals surface area contributed by atoms with E-state index in [1.807, 2.05) is 84.9 Å². The summed E-state index contributed by atoms with van der Waals surface area (Å²) >= 11 is 0. The van der Waals surface area contributed by atoms with E-state index in [-0.39, 0.29) is 11.2 Å². The van der Waals surface area contributed by atoms with Crippen molar-refractivity contribution in [2.75, 3.05) is 0 Å². The van der Waals surface area contributed by atoms with Crippen LogP contribution in [0.15, 0.2) is 164 Å². The Morgan fingerprint density at radius 1 is 0.443 bits per heavy atom. The summed E-state index contributed by atoms with van der Waals surface area (Å²) in [6.45, 7) is 0. The largest absolute Gasteiger partial charge is 0.208 e. The molecule has 5 heteroatoms. The van der Waals surface area contributed by atoms with Crippen molar-refractivity contribution in [3.8, 4) is 84.7 Å². The number of aromatic nitrogens is 3. The van der Waals surface area contributed by atoms with Crippen molar-refractivity contribution in [2.24, 2.45) is 23.7 Å².